The van der Waals surface area contributed by atoms with Gasteiger partial charge in [0.2, 0.25) is 0 Å². The van der Waals surface area contributed by atoms with Gasteiger partial charge in [0, 0.05) is 11.1 Å². The smallest absolute Gasteiger partial charge is 0.341 e. The predicted molar refractivity (Wildman–Crippen MR) is 148 cm³/mol. The van der Waals surface area contributed by atoms with Crippen LogP contribution in [-0.2, 0) is 4.79 Å². The highest BCUT2D eigenvalue weighted by atomic mass is 16.5. The molecule has 8 heteroatoms. The van der Waals surface area contributed by atoms with Gasteiger partial charge in [-0.05, 0) is 73.5 Å². The third kappa shape index (κ3) is 6.18. The number of aliphatic carboxylic acids is 1. The van der Waals surface area contributed by atoms with Gasteiger partial charge in [0.15, 0.2) is 24.4 Å². The van der Waals surface area contributed by atoms with Gasteiger partial charge in [-0.2, -0.15) is 5.10 Å². The van der Waals surface area contributed by atoms with Crippen molar-refractivity contribution in [2.75, 3.05) is 6.61 Å². The Morgan fingerprint density at radius 2 is 1.64 bits per heavy atom. The SMILES string of the molecule is Cc1cc(OC(c2ccc(OC(C)C)cc2)c2nc(-c3ccc4ccccc4c3)n[nH]2)ccc1OCC(=O)O. The normalized spacial score (nSPS) is 11.9. The van der Waals surface area contributed by atoms with Crippen LogP contribution in [0.3, 0.4) is 0 Å². The standard InChI is InChI=1S/C31H29N3O5/c1-19(2)38-25-12-10-22(11-13-25)29(39-26-14-15-27(20(3)16-26)37-18-28(35)36)31-32-30(33-34-31)24-9-8-21-6-4-5-7-23(21)17-24/h4-17,19,29H,18H2,1-3H3,(H,35,36)(H,32,33,34). The molecule has 1 unspecified atom stereocenters. The van der Waals surface area contributed by atoms with Crippen molar-refractivity contribution in [3.63, 3.8) is 0 Å². The van der Waals surface area contributed by atoms with E-state index in [-0.39, 0.29) is 6.10 Å². The third-order valence-electron chi connectivity index (χ3n) is 6.06. The second-order valence-electron chi connectivity index (χ2n) is 9.45. The minimum absolute atomic E-state index is 0.0616. The quantitative estimate of drug-likeness (QED) is 0.220. The minimum Gasteiger partial charge on any atom is -0.491 e. The molecule has 0 saturated carbocycles. The topological polar surface area (TPSA) is 107 Å². The lowest BCUT2D eigenvalue weighted by Crippen LogP contribution is -2.12. The lowest BCUT2D eigenvalue weighted by molar-refractivity contribution is -0.139. The van der Waals surface area contributed by atoms with Crippen LogP contribution in [0.5, 0.6) is 17.2 Å². The van der Waals surface area contributed by atoms with Crippen LogP contribution in [0.4, 0.5) is 0 Å². The fourth-order valence-electron chi connectivity index (χ4n) is 4.26. The van der Waals surface area contributed by atoms with Gasteiger partial charge in [-0.3, -0.25) is 5.10 Å². The van der Waals surface area contributed by atoms with E-state index in [4.69, 9.17) is 24.3 Å². The molecule has 5 aromatic rings. The average Bonchev–Trinajstić information content (AvgIpc) is 3.41. The number of aromatic nitrogens is 3. The summed E-state index contributed by atoms with van der Waals surface area (Å²) in [5, 5.41) is 18.7. The lowest BCUT2D eigenvalue weighted by atomic mass is 10.1. The van der Waals surface area contributed by atoms with Crippen LogP contribution < -0.4 is 14.2 Å². The highest BCUT2D eigenvalue weighted by molar-refractivity contribution is 5.86. The molecule has 0 aliphatic heterocycles. The maximum atomic E-state index is 10.9. The monoisotopic (exact) mass is 523 g/mol. The summed E-state index contributed by atoms with van der Waals surface area (Å²) in [5.74, 6) is 1.89. The summed E-state index contributed by atoms with van der Waals surface area (Å²) < 4.78 is 17.6. The van der Waals surface area contributed by atoms with Crippen molar-refractivity contribution in [1.29, 1.82) is 0 Å². The summed E-state index contributed by atoms with van der Waals surface area (Å²) in [4.78, 5) is 15.7. The Hall–Kier alpha value is -4.85. The number of nitrogens with one attached hydrogen (secondary N) is 1. The molecule has 2 N–H and O–H groups in total. The summed E-state index contributed by atoms with van der Waals surface area (Å²) in [7, 11) is 0. The van der Waals surface area contributed by atoms with Crippen molar-refractivity contribution in [3.05, 3.63) is 102 Å². The molecule has 0 spiro atoms. The van der Waals surface area contributed by atoms with Crippen LogP contribution in [0.2, 0.25) is 0 Å². The van der Waals surface area contributed by atoms with E-state index < -0.39 is 18.7 Å². The van der Waals surface area contributed by atoms with Gasteiger partial charge in [0.25, 0.3) is 0 Å². The van der Waals surface area contributed by atoms with Gasteiger partial charge < -0.3 is 19.3 Å². The van der Waals surface area contributed by atoms with E-state index in [9.17, 15) is 4.79 Å². The van der Waals surface area contributed by atoms with Crippen LogP contribution in [0.15, 0.2) is 84.9 Å². The Bertz CT molecular complexity index is 1590. The largest absolute Gasteiger partial charge is 0.491 e. The molecular formula is C31H29N3O5. The van der Waals surface area contributed by atoms with Gasteiger partial charge in [-0.15, -0.1) is 0 Å². The molecule has 0 radical (unpaired) electrons. The zero-order valence-corrected chi connectivity index (χ0v) is 21.9. The first-order valence-electron chi connectivity index (χ1n) is 12.7. The Balaban J connectivity index is 1.46. The van der Waals surface area contributed by atoms with Crippen molar-refractivity contribution < 1.29 is 24.1 Å². The van der Waals surface area contributed by atoms with Crippen LogP contribution in [0.25, 0.3) is 22.2 Å². The summed E-state index contributed by atoms with van der Waals surface area (Å²) in [6.07, 6.45) is -0.531. The van der Waals surface area contributed by atoms with E-state index in [1.165, 1.54) is 0 Å². The number of H-pyrrole nitrogens is 1. The number of aromatic amines is 1. The molecule has 1 aromatic heterocycles. The molecule has 5 rings (SSSR count). The van der Waals surface area contributed by atoms with E-state index in [0.717, 1.165) is 33.2 Å². The van der Waals surface area contributed by atoms with Gasteiger partial charge >= 0.3 is 5.97 Å². The Kier molecular flexibility index (Phi) is 7.45. The number of ether oxygens (including phenoxy) is 3. The molecule has 8 nitrogen and oxygen atoms in total. The molecule has 0 aliphatic rings. The minimum atomic E-state index is -1.03. The molecule has 0 saturated heterocycles. The van der Waals surface area contributed by atoms with Gasteiger partial charge in [-0.1, -0.05) is 48.5 Å². The molecule has 0 aliphatic carbocycles. The van der Waals surface area contributed by atoms with Crippen molar-refractivity contribution in [2.24, 2.45) is 0 Å². The number of carboxylic acid groups (broad SMARTS) is 1. The van der Waals surface area contributed by atoms with Crippen molar-refractivity contribution in [2.45, 2.75) is 33.0 Å². The highest BCUT2D eigenvalue weighted by Crippen LogP contribution is 2.32. The number of fused-ring (bicyclic) bond motifs is 1. The van der Waals surface area contributed by atoms with Gasteiger partial charge in [-0.25, -0.2) is 9.78 Å². The second-order valence-corrected chi connectivity index (χ2v) is 9.45. The number of rotatable bonds is 10. The maximum absolute atomic E-state index is 10.9. The Labute approximate surface area is 226 Å². The molecule has 4 aromatic carbocycles. The van der Waals surface area contributed by atoms with Crippen LogP contribution >= 0.6 is 0 Å². The third-order valence-corrected chi connectivity index (χ3v) is 6.06. The van der Waals surface area contributed by atoms with Crippen LogP contribution in [-0.4, -0.2) is 39.0 Å². The second kappa shape index (κ2) is 11.3. The van der Waals surface area contributed by atoms with Crippen LogP contribution in [0, 0.1) is 6.92 Å². The fraction of sp³-hybridized carbons (Fsp3) is 0.194. The number of carbonyl (C=O) groups is 1. The van der Waals surface area contributed by atoms with Gasteiger partial charge in [0.1, 0.15) is 17.2 Å². The lowest BCUT2D eigenvalue weighted by Gasteiger charge is -2.19. The van der Waals surface area contributed by atoms with Crippen LogP contribution in [0.1, 0.15) is 36.9 Å². The van der Waals surface area contributed by atoms with E-state index in [1.807, 2.05) is 63.2 Å². The number of carboxylic acids is 1. The number of hydrogen-bond acceptors (Lipinski definition) is 6. The Morgan fingerprint density at radius 1 is 0.897 bits per heavy atom. The number of aryl methyl sites for hydroxylation is 1. The first-order valence-corrected chi connectivity index (χ1v) is 12.7. The first kappa shape index (κ1) is 25.8. The maximum Gasteiger partial charge on any atom is 0.341 e. The molecule has 1 atom stereocenters. The zero-order chi connectivity index (χ0) is 27.4. The number of hydrogen-bond donors (Lipinski definition) is 2. The van der Waals surface area contributed by atoms with E-state index >= 15 is 0 Å². The number of nitrogens with zero attached hydrogens (tertiary/aromatic N) is 2. The summed E-state index contributed by atoms with van der Waals surface area (Å²) in [6.45, 7) is 5.39. The molecular weight excluding hydrogens is 494 g/mol. The summed E-state index contributed by atoms with van der Waals surface area (Å²) >= 11 is 0. The van der Waals surface area contributed by atoms with Gasteiger partial charge in [0.05, 0.1) is 6.10 Å². The van der Waals surface area contributed by atoms with E-state index in [0.29, 0.717) is 23.1 Å². The van der Waals surface area contributed by atoms with Crippen molar-refractivity contribution >= 4 is 16.7 Å². The first-order chi connectivity index (χ1) is 18.9. The van der Waals surface area contributed by atoms with E-state index in [1.54, 1.807) is 18.2 Å². The molecule has 1 heterocycles. The predicted octanol–water partition coefficient (Wildman–Crippen LogP) is 6.35. The Morgan fingerprint density at radius 3 is 2.36 bits per heavy atom. The highest BCUT2D eigenvalue weighted by Gasteiger charge is 2.22. The zero-order valence-electron chi connectivity index (χ0n) is 21.9. The summed E-state index contributed by atoms with van der Waals surface area (Å²) in [6, 6.07) is 27.2. The molecule has 0 amide bonds. The number of benzene rings is 4. The molecule has 0 bridgehead atoms. The summed E-state index contributed by atoms with van der Waals surface area (Å²) in [5.41, 5.74) is 2.50. The van der Waals surface area contributed by atoms with E-state index in [2.05, 4.69) is 34.5 Å². The average molecular weight is 524 g/mol. The van der Waals surface area contributed by atoms with Crippen molar-refractivity contribution in [1.82, 2.24) is 15.2 Å². The molecule has 198 valence electrons. The molecule has 0 fully saturated rings. The fourth-order valence-corrected chi connectivity index (χ4v) is 4.26. The molecule has 39 heavy (non-hydrogen) atoms. The van der Waals surface area contributed by atoms with Crippen molar-refractivity contribution in [3.8, 4) is 28.6 Å².